The largest absolute Gasteiger partial charge is 0.455 e. The van der Waals surface area contributed by atoms with Gasteiger partial charge in [-0.3, -0.25) is 0 Å². The van der Waals surface area contributed by atoms with E-state index >= 15 is 0 Å². The second kappa shape index (κ2) is 15.8. The van der Waals surface area contributed by atoms with Gasteiger partial charge in [0.1, 0.15) is 11.2 Å². The fourth-order valence-corrected chi connectivity index (χ4v) is 12.6. The summed E-state index contributed by atoms with van der Waals surface area (Å²) in [5.41, 5.74) is 19.6. The molecule has 0 unspecified atom stereocenters. The van der Waals surface area contributed by atoms with Crippen molar-refractivity contribution in [3.05, 3.63) is 248 Å². The zero-order chi connectivity index (χ0) is 46.5. The fourth-order valence-electron chi connectivity index (χ4n) is 11.4. The summed E-state index contributed by atoms with van der Waals surface area (Å²) in [4.78, 5) is 2.41. The van der Waals surface area contributed by atoms with E-state index in [2.05, 4.69) is 255 Å². The Balaban J connectivity index is 0.956. The number of thiophene rings is 1. The molecule has 0 spiro atoms. The molecule has 0 radical (unpaired) electrons. The van der Waals surface area contributed by atoms with E-state index < -0.39 is 0 Å². The van der Waals surface area contributed by atoms with Crippen molar-refractivity contribution >= 4 is 81.3 Å². The lowest BCUT2D eigenvalue weighted by Gasteiger charge is -2.28. The molecule has 13 aromatic rings. The van der Waals surface area contributed by atoms with Gasteiger partial charge in [-0.2, -0.15) is 0 Å². The molecule has 14 rings (SSSR count). The SMILES string of the molecule is CC1(C)c2ccccc2-c2ccc(-c3ccc(-c4c(N(c5ccc(-c6ccccc6)cc5)c5ccc(-c6cccc7c6sc6ccccc67)cc5)ccc5c4oc4c6ccccc6ccc54)cc3)cc21. The Hall–Kier alpha value is -8.50. The third-order valence-electron chi connectivity index (χ3n) is 14.9. The first-order valence-corrected chi connectivity index (χ1v) is 25.0. The summed E-state index contributed by atoms with van der Waals surface area (Å²) in [7, 11) is 0. The van der Waals surface area contributed by atoms with Crippen LogP contribution in [0.1, 0.15) is 25.0 Å². The average Bonchev–Trinajstić information content (AvgIpc) is 4.07. The van der Waals surface area contributed by atoms with Crippen LogP contribution in [0.4, 0.5) is 17.1 Å². The van der Waals surface area contributed by atoms with Crippen molar-refractivity contribution in [1.29, 1.82) is 0 Å². The fraction of sp³-hybridized carbons (Fsp3) is 0.0448. The number of furan rings is 1. The maximum absolute atomic E-state index is 7.23. The third kappa shape index (κ3) is 6.32. The molecule has 11 aromatic carbocycles. The van der Waals surface area contributed by atoms with Crippen LogP contribution in [-0.4, -0.2) is 0 Å². The molecule has 0 amide bonds. The molecule has 2 nitrogen and oxygen atoms in total. The van der Waals surface area contributed by atoms with Gasteiger partial charge in [-0.25, -0.2) is 0 Å². The van der Waals surface area contributed by atoms with Gasteiger partial charge in [0, 0.05) is 58.7 Å². The van der Waals surface area contributed by atoms with Crippen molar-refractivity contribution in [2.45, 2.75) is 19.3 Å². The van der Waals surface area contributed by atoms with Crippen LogP contribution in [0.5, 0.6) is 0 Å². The first kappa shape index (κ1) is 40.6. The van der Waals surface area contributed by atoms with Gasteiger partial charge in [0.05, 0.1) is 5.69 Å². The highest BCUT2D eigenvalue weighted by Gasteiger charge is 2.35. The number of hydrogen-bond donors (Lipinski definition) is 0. The van der Waals surface area contributed by atoms with Crippen LogP contribution in [0.2, 0.25) is 0 Å². The summed E-state index contributed by atoms with van der Waals surface area (Å²) in [6.45, 7) is 4.70. The molecule has 2 heterocycles. The minimum Gasteiger partial charge on any atom is -0.455 e. The van der Waals surface area contributed by atoms with Crippen molar-refractivity contribution in [3.8, 4) is 55.6 Å². The zero-order valence-corrected chi connectivity index (χ0v) is 39.6. The van der Waals surface area contributed by atoms with Gasteiger partial charge in [0.2, 0.25) is 0 Å². The molecular formula is C67H45NOS. The number of hydrogen-bond acceptors (Lipinski definition) is 3. The molecule has 1 aliphatic carbocycles. The van der Waals surface area contributed by atoms with Gasteiger partial charge in [-0.05, 0) is 121 Å². The third-order valence-corrected chi connectivity index (χ3v) is 16.1. The molecule has 1 aliphatic rings. The van der Waals surface area contributed by atoms with Gasteiger partial charge >= 0.3 is 0 Å². The van der Waals surface area contributed by atoms with Crippen LogP contribution in [0.3, 0.4) is 0 Å². The molecule has 0 saturated carbocycles. The van der Waals surface area contributed by atoms with E-state index in [1.807, 2.05) is 11.3 Å². The normalized spacial score (nSPS) is 12.8. The van der Waals surface area contributed by atoms with Crippen LogP contribution in [0.15, 0.2) is 241 Å². The zero-order valence-electron chi connectivity index (χ0n) is 38.8. The van der Waals surface area contributed by atoms with Crippen molar-refractivity contribution in [2.75, 3.05) is 4.90 Å². The lowest BCUT2D eigenvalue weighted by molar-refractivity contribution is 0.660. The van der Waals surface area contributed by atoms with E-state index in [4.69, 9.17) is 4.42 Å². The van der Waals surface area contributed by atoms with Crippen LogP contribution in [0.25, 0.3) is 109 Å². The molecule has 3 heteroatoms. The summed E-state index contributed by atoms with van der Waals surface area (Å²) in [6.07, 6.45) is 0. The Kier molecular flexibility index (Phi) is 9.14. The first-order chi connectivity index (χ1) is 34.5. The lowest BCUT2D eigenvalue weighted by Crippen LogP contribution is -2.14. The maximum atomic E-state index is 7.23. The predicted octanol–water partition coefficient (Wildman–Crippen LogP) is 19.6. The molecule has 2 aromatic heterocycles. The lowest BCUT2D eigenvalue weighted by atomic mass is 9.81. The van der Waals surface area contributed by atoms with Gasteiger partial charge in [0.15, 0.2) is 0 Å². The van der Waals surface area contributed by atoms with Gasteiger partial charge in [-0.1, -0.05) is 196 Å². The number of nitrogens with zero attached hydrogens (tertiary/aromatic N) is 1. The van der Waals surface area contributed by atoms with E-state index in [0.717, 1.165) is 60.9 Å². The van der Waals surface area contributed by atoms with Crippen molar-refractivity contribution in [3.63, 3.8) is 0 Å². The molecule has 70 heavy (non-hydrogen) atoms. The highest BCUT2D eigenvalue weighted by Crippen LogP contribution is 2.51. The molecule has 0 N–H and O–H groups in total. The second-order valence-electron chi connectivity index (χ2n) is 19.2. The minimum absolute atomic E-state index is 0.0786. The average molecular weight is 912 g/mol. The maximum Gasteiger partial charge on any atom is 0.145 e. The van der Waals surface area contributed by atoms with Crippen LogP contribution >= 0.6 is 11.3 Å². The van der Waals surface area contributed by atoms with Crippen LogP contribution < -0.4 is 4.90 Å². The summed E-state index contributed by atoms with van der Waals surface area (Å²) in [6, 6.07) is 86.7. The number of benzene rings is 11. The molecule has 0 bridgehead atoms. The predicted molar refractivity (Wildman–Crippen MR) is 298 cm³/mol. The summed E-state index contributed by atoms with van der Waals surface area (Å²) >= 11 is 1.87. The van der Waals surface area contributed by atoms with Crippen molar-refractivity contribution in [1.82, 2.24) is 0 Å². The smallest absolute Gasteiger partial charge is 0.145 e. The summed E-state index contributed by atoms with van der Waals surface area (Å²) < 4.78 is 9.85. The summed E-state index contributed by atoms with van der Waals surface area (Å²) in [5.74, 6) is 0. The van der Waals surface area contributed by atoms with E-state index in [1.54, 1.807) is 0 Å². The van der Waals surface area contributed by atoms with Crippen LogP contribution in [-0.2, 0) is 5.41 Å². The highest BCUT2D eigenvalue weighted by atomic mass is 32.1. The highest BCUT2D eigenvalue weighted by molar-refractivity contribution is 7.26. The van der Waals surface area contributed by atoms with E-state index in [1.165, 1.54) is 75.8 Å². The second-order valence-corrected chi connectivity index (χ2v) is 20.2. The monoisotopic (exact) mass is 911 g/mol. The standard InChI is InChI=1S/C67H45NOS/c1-67(2)59-21-10-8-17-53(59)54-37-32-48(41-60(54)67)44-23-25-47(26-24-44)63-61(40-39-57-56-38-31-45-15-6-7-16-51(45)64(56)69-65(57)63)68(49-33-27-43(28-34-49)42-13-4-3-5-14-42)50-35-29-46(30-36-50)52-19-12-20-58-55-18-9-11-22-62(55)70-66(52)58/h3-41H,1-2H3. The van der Waals surface area contributed by atoms with Crippen molar-refractivity contribution < 1.29 is 4.42 Å². The molecule has 0 aliphatic heterocycles. The van der Waals surface area contributed by atoms with E-state index in [0.29, 0.717) is 0 Å². The minimum atomic E-state index is -0.0786. The summed E-state index contributed by atoms with van der Waals surface area (Å²) in [5, 5.41) is 7.08. The number of rotatable bonds is 7. The Morgan fingerprint density at radius 2 is 0.943 bits per heavy atom. The van der Waals surface area contributed by atoms with Crippen LogP contribution in [0, 0.1) is 0 Å². The number of anilines is 3. The Labute approximate surface area is 411 Å². The van der Waals surface area contributed by atoms with Gasteiger partial charge in [0.25, 0.3) is 0 Å². The Morgan fingerprint density at radius 1 is 0.371 bits per heavy atom. The molecule has 0 fully saturated rings. The molecule has 330 valence electrons. The number of fused-ring (bicyclic) bond motifs is 11. The molecular weight excluding hydrogens is 867 g/mol. The van der Waals surface area contributed by atoms with E-state index in [9.17, 15) is 0 Å². The Morgan fingerprint density at radius 3 is 1.76 bits per heavy atom. The van der Waals surface area contributed by atoms with Gasteiger partial charge < -0.3 is 9.32 Å². The van der Waals surface area contributed by atoms with Crippen molar-refractivity contribution in [2.24, 2.45) is 0 Å². The van der Waals surface area contributed by atoms with Gasteiger partial charge in [-0.15, -0.1) is 11.3 Å². The Bertz CT molecular complexity index is 4180. The quantitative estimate of drug-likeness (QED) is 0.158. The van der Waals surface area contributed by atoms with E-state index in [-0.39, 0.29) is 5.41 Å². The topological polar surface area (TPSA) is 16.4 Å². The molecule has 0 atom stereocenters. The first-order valence-electron chi connectivity index (χ1n) is 24.1. The molecule has 0 saturated heterocycles.